The van der Waals surface area contributed by atoms with E-state index in [-0.39, 0.29) is 18.3 Å². The molecule has 2 aromatic heterocycles. The Morgan fingerprint density at radius 1 is 0.750 bits per heavy atom. The summed E-state index contributed by atoms with van der Waals surface area (Å²) in [6.45, 7) is 11.4. The molecule has 0 saturated carbocycles. The van der Waals surface area contributed by atoms with Gasteiger partial charge in [-0.1, -0.05) is 32.3 Å². The van der Waals surface area contributed by atoms with Gasteiger partial charge in [-0.05, 0) is 82.1 Å². The van der Waals surface area contributed by atoms with Crippen LogP contribution in [0.2, 0.25) is 0 Å². The molecule has 170 valence electrons. The quantitative estimate of drug-likeness (QED) is 0.242. The monoisotopic (exact) mass is 468 g/mol. The summed E-state index contributed by atoms with van der Waals surface area (Å²) in [5.41, 5.74) is 0.592. The molecule has 1 aliphatic heterocycles. The van der Waals surface area contributed by atoms with Crippen molar-refractivity contribution in [3.05, 3.63) is 48.5 Å². The molecular formula is C26H33BO3S2. The number of ether oxygens (including phenoxy) is 1. The molecule has 0 spiro atoms. The van der Waals surface area contributed by atoms with Crippen molar-refractivity contribution in [2.75, 3.05) is 6.61 Å². The lowest BCUT2D eigenvalue weighted by atomic mass is 9.88. The number of unbranched alkanes of at least 4 members (excludes halogenated alkanes) is 3. The molecule has 3 heterocycles. The normalized spacial score (nSPS) is 17.1. The van der Waals surface area contributed by atoms with Crippen LogP contribution in [-0.2, 0) is 9.31 Å². The molecule has 1 aliphatic rings. The van der Waals surface area contributed by atoms with Crippen molar-refractivity contribution >= 4 is 34.6 Å². The van der Waals surface area contributed by atoms with Gasteiger partial charge in [0.05, 0.1) is 17.8 Å². The van der Waals surface area contributed by atoms with E-state index in [1.165, 1.54) is 39.5 Å². The molecular weight excluding hydrogens is 435 g/mol. The lowest BCUT2D eigenvalue weighted by Crippen LogP contribution is -2.41. The molecule has 0 unspecified atom stereocenters. The molecule has 3 aromatic rings. The first kappa shape index (κ1) is 23.6. The maximum absolute atomic E-state index is 6.21. The summed E-state index contributed by atoms with van der Waals surface area (Å²) >= 11 is 3.57. The van der Waals surface area contributed by atoms with Crippen LogP contribution in [-0.4, -0.2) is 24.9 Å². The Labute approximate surface area is 200 Å². The molecule has 4 rings (SSSR count). The summed E-state index contributed by atoms with van der Waals surface area (Å²) in [4.78, 5) is 3.78. The van der Waals surface area contributed by atoms with Gasteiger partial charge in [0.15, 0.2) is 0 Å². The van der Waals surface area contributed by atoms with E-state index in [0.29, 0.717) is 0 Å². The van der Waals surface area contributed by atoms with Crippen molar-refractivity contribution in [2.24, 2.45) is 0 Å². The molecule has 0 amide bonds. The highest BCUT2D eigenvalue weighted by molar-refractivity contribution is 7.28. The Bertz CT molecular complexity index is 1000. The molecule has 6 heteroatoms. The second kappa shape index (κ2) is 9.72. The maximum Gasteiger partial charge on any atom is 0.505 e. The molecule has 3 nitrogen and oxygen atoms in total. The van der Waals surface area contributed by atoms with E-state index in [0.717, 1.165) is 23.6 Å². The summed E-state index contributed by atoms with van der Waals surface area (Å²) < 4.78 is 19.4. The minimum atomic E-state index is -0.316. The van der Waals surface area contributed by atoms with Crippen molar-refractivity contribution in [3.8, 4) is 25.9 Å². The molecule has 0 radical (unpaired) electrons. The van der Waals surface area contributed by atoms with Gasteiger partial charge in [0.1, 0.15) is 5.75 Å². The van der Waals surface area contributed by atoms with E-state index in [2.05, 4.69) is 83.1 Å². The van der Waals surface area contributed by atoms with Gasteiger partial charge < -0.3 is 14.0 Å². The summed E-state index contributed by atoms with van der Waals surface area (Å²) in [5.74, 6) is 0.951. The van der Waals surface area contributed by atoms with Crippen LogP contribution in [0.25, 0.3) is 20.2 Å². The summed E-state index contributed by atoms with van der Waals surface area (Å²) in [6.07, 6.45) is 4.90. The van der Waals surface area contributed by atoms with E-state index in [9.17, 15) is 0 Å². The predicted molar refractivity (Wildman–Crippen MR) is 138 cm³/mol. The van der Waals surface area contributed by atoms with Crippen LogP contribution in [0.3, 0.4) is 0 Å². The predicted octanol–water partition coefficient (Wildman–Crippen LogP) is 7.40. The number of hydrogen-bond acceptors (Lipinski definition) is 5. The zero-order valence-electron chi connectivity index (χ0n) is 19.8. The minimum absolute atomic E-state index is 0.298. The maximum atomic E-state index is 6.21. The van der Waals surface area contributed by atoms with Gasteiger partial charge in [0.25, 0.3) is 0 Å². The number of thiophene rings is 2. The van der Waals surface area contributed by atoms with Gasteiger partial charge in [0.2, 0.25) is 0 Å². The molecule has 0 bridgehead atoms. The topological polar surface area (TPSA) is 27.7 Å². The summed E-state index contributed by atoms with van der Waals surface area (Å²) in [7, 11) is -0.298. The fourth-order valence-corrected chi connectivity index (χ4v) is 5.70. The molecule has 1 aromatic carbocycles. The Hall–Kier alpha value is -1.60. The molecule has 0 N–H and O–H groups in total. The van der Waals surface area contributed by atoms with Crippen LogP contribution >= 0.6 is 22.7 Å². The smallest absolute Gasteiger partial charge is 0.494 e. The van der Waals surface area contributed by atoms with Crippen LogP contribution in [0.15, 0.2) is 48.5 Å². The average molecular weight is 468 g/mol. The minimum Gasteiger partial charge on any atom is -0.494 e. The fourth-order valence-electron chi connectivity index (χ4n) is 3.63. The van der Waals surface area contributed by atoms with Gasteiger partial charge in [-0.15, -0.1) is 22.7 Å². The third-order valence-corrected chi connectivity index (χ3v) is 8.80. The van der Waals surface area contributed by atoms with E-state index in [1.54, 1.807) is 11.3 Å². The van der Waals surface area contributed by atoms with Crippen LogP contribution in [0.4, 0.5) is 0 Å². The van der Waals surface area contributed by atoms with E-state index < -0.39 is 0 Å². The Morgan fingerprint density at radius 2 is 1.38 bits per heavy atom. The van der Waals surface area contributed by atoms with Crippen molar-refractivity contribution in [1.82, 2.24) is 0 Å². The van der Waals surface area contributed by atoms with E-state index >= 15 is 0 Å². The second-order valence-electron chi connectivity index (χ2n) is 9.39. The van der Waals surface area contributed by atoms with Crippen LogP contribution in [0.1, 0.15) is 60.3 Å². The lowest BCUT2D eigenvalue weighted by Gasteiger charge is -2.32. The number of hydrogen-bond donors (Lipinski definition) is 0. The molecule has 1 fully saturated rings. The number of rotatable bonds is 9. The Kier molecular flexibility index (Phi) is 7.16. The summed E-state index contributed by atoms with van der Waals surface area (Å²) in [5, 5.41) is 0. The highest BCUT2D eigenvalue weighted by Gasteiger charge is 2.52. The highest BCUT2D eigenvalue weighted by Crippen LogP contribution is 2.39. The Balaban J connectivity index is 1.39. The van der Waals surface area contributed by atoms with Gasteiger partial charge >= 0.3 is 7.12 Å². The van der Waals surface area contributed by atoms with Gasteiger partial charge in [-0.3, -0.25) is 0 Å². The van der Waals surface area contributed by atoms with Crippen molar-refractivity contribution < 1.29 is 14.0 Å². The van der Waals surface area contributed by atoms with Crippen LogP contribution in [0, 0.1) is 0 Å². The lowest BCUT2D eigenvalue weighted by molar-refractivity contribution is 0.00578. The number of benzene rings is 1. The van der Waals surface area contributed by atoms with Gasteiger partial charge in [-0.25, -0.2) is 0 Å². The van der Waals surface area contributed by atoms with Crippen molar-refractivity contribution in [3.63, 3.8) is 0 Å². The van der Waals surface area contributed by atoms with Crippen LogP contribution in [0.5, 0.6) is 5.75 Å². The molecule has 0 aliphatic carbocycles. The second-order valence-corrected chi connectivity index (χ2v) is 11.6. The van der Waals surface area contributed by atoms with E-state index in [1.807, 2.05) is 11.3 Å². The summed E-state index contributed by atoms with van der Waals surface area (Å²) in [6, 6.07) is 17.2. The largest absolute Gasteiger partial charge is 0.505 e. The zero-order valence-corrected chi connectivity index (χ0v) is 21.4. The van der Waals surface area contributed by atoms with Crippen molar-refractivity contribution in [2.45, 2.75) is 71.5 Å². The molecule has 0 atom stereocenters. The van der Waals surface area contributed by atoms with Gasteiger partial charge in [0, 0.05) is 19.4 Å². The SMILES string of the molecule is CCCCCCOc1ccc(-c2ccc(-c3ccc(B4OC(C)(C)C(C)(C)O4)s3)s2)cc1. The van der Waals surface area contributed by atoms with Crippen molar-refractivity contribution in [1.29, 1.82) is 0 Å². The highest BCUT2D eigenvalue weighted by atomic mass is 32.1. The molecule has 32 heavy (non-hydrogen) atoms. The standard InChI is InChI=1S/C26H33BO3S2/c1-6-7-8-9-18-28-20-12-10-19(11-13-20)21-14-15-22(31-21)23-16-17-24(32-23)27-29-25(2,3)26(4,5)30-27/h10-17H,6-9,18H2,1-5H3. The van der Waals surface area contributed by atoms with E-state index in [4.69, 9.17) is 14.0 Å². The first-order valence-corrected chi connectivity index (χ1v) is 13.2. The van der Waals surface area contributed by atoms with Crippen LogP contribution < -0.4 is 9.51 Å². The van der Waals surface area contributed by atoms with Gasteiger partial charge in [-0.2, -0.15) is 0 Å². The Morgan fingerprint density at radius 3 is 2.06 bits per heavy atom. The zero-order chi connectivity index (χ0) is 22.8. The third kappa shape index (κ3) is 5.14. The first-order valence-electron chi connectivity index (χ1n) is 11.6. The third-order valence-electron chi connectivity index (χ3n) is 6.37. The average Bonchev–Trinajstić information content (AvgIpc) is 3.47. The molecule has 1 saturated heterocycles. The first-order chi connectivity index (χ1) is 15.3. The fraction of sp³-hybridized carbons (Fsp3) is 0.462.